The molecule has 0 bridgehead atoms. The molecule has 2 aromatic rings. The molecule has 4 N–H and O–H groups in total. The lowest BCUT2D eigenvalue weighted by molar-refractivity contribution is -0.139. The molecule has 1 aromatic heterocycles. The van der Waals surface area contributed by atoms with Gasteiger partial charge in [-0.15, -0.1) is 0 Å². The largest absolute Gasteiger partial charge is 0.507 e. The molecule has 8 nitrogen and oxygen atoms in total. The van der Waals surface area contributed by atoms with Crippen LogP contribution in [0.1, 0.15) is 18.0 Å². The summed E-state index contributed by atoms with van der Waals surface area (Å²) in [7, 11) is 0. The molecule has 0 aliphatic heterocycles. The third-order valence-electron chi connectivity index (χ3n) is 3.03. The highest BCUT2D eigenvalue weighted by molar-refractivity contribution is 5.83. The maximum Gasteiger partial charge on any atom is 0.336 e. The van der Waals surface area contributed by atoms with Gasteiger partial charge in [0.2, 0.25) is 0 Å². The Morgan fingerprint density at radius 3 is 2.45 bits per heavy atom. The second-order valence-electron chi connectivity index (χ2n) is 4.60. The van der Waals surface area contributed by atoms with Gasteiger partial charge in [-0.3, -0.25) is 14.9 Å². The van der Waals surface area contributed by atoms with E-state index in [-0.39, 0.29) is 16.9 Å². The molecule has 2 rings (SSSR count). The molecule has 0 aliphatic rings. The Labute approximate surface area is 123 Å². The van der Waals surface area contributed by atoms with Crippen molar-refractivity contribution in [1.29, 1.82) is 0 Å². The van der Waals surface area contributed by atoms with Crippen molar-refractivity contribution >= 4 is 22.9 Å². The first-order valence-electron chi connectivity index (χ1n) is 6.31. The fourth-order valence-corrected chi connectivity index (χ4v) is 2.14. The molecule has 1 atom stereocenters. The lowest BCUT2D eigenvalue weighted by Crippen LogP contribution is -2.29. The second-order valence-corrected chi connectivity index (χ2v) is 4.60. The number of carbonyl (C=O) groups is 2. The van der Waals surface area contributed by atoms with Crippen molar-refractivity contribution in [1.82, 2.24) is 5.32 Å². The number of phenolic OH excluding ortho intramolecular Hbond substituents is 1. The maximum atomic E-state index is 11.4. The molecule has 1 heterocycles. The molecule has 116 valence electrons. The molecule has 0 spiro atoms. The lowest BCUT2D eigenvalue weighted by atomic mass is 9.99. The summed E-state index contributed by atoms with van der Waals surface area (Å²) in [6, 6.07) is 4.48. The maximum absolute atomic E-state index is 11.4. The molecule has 0 radical (unpaired) electrons. The second kappa shape index (κ2) is 6.27. The van der Waals surface area contributed by atoms with Gasteiger partial charge in [-0.2, -0.15) is 0 Å². The van der Waals surface area contributed by atoms with Crippen LogP contribution in [0.25, 0.3) is 11.0 Å². The van der Waals surface area contributed by atoms with E-state index in [9.17, 15) is 19.5 Å². The van der Waals surface area contributed by atoms with Crippen LogP contribution in [0.15, 0.2) is 33.5 Å². The highest BCUT2D eigenvalue weighted by atomic mass is 16.4. The van der Waals surface area contributed by atoms with Crippen LogP contribution in [-0.2, 0) is 9.59 Å². The highest BCUT2D eigenvalue weighted by Gasteiger charge is 2.23. The molecule has 0 amide bonds. The summed E-state index contributed by atoms with van der Waals surface area (Å²) in [5, 5.41) is 30.7. The fraction of sp³-hybridized carbons (Fsp3) is 0.214. The van der Waals surface area contributed by atoms with Crippen molar-refractivity contribution in [2.45, 2.75) is 12.5 Å². The van der Waals surface area contributed by atoms with E-state index >= 15 is 0 Å². The molecule has 8 heteroatoms. The minimum Gasteiger partial charge on any atom is -0.507 e. The quantitative estimate of drug-likeness (QED) is 0.572. The Morgan fingerprint density at radius 2 is 1.82 bits per heavy atom. The molecule has 0 saturated carbocycles. The Bertz CT molecular complexity index is 780. The fourth-order valence-electron chi connectivity index (χ4n) is 2.14. The Hall–Kier alpha value is -2.87. The number of aliphatic carboxylic acids is 2. The monoisotopic (exact) mass is 307 g/mol. The summed E-state index contributed by atoms with van der Waals surface area (Å²) in [5.74, 6) is -2.67. The zero-order chi connectivity index (χ0) is 16.3. The predicted octanol–water partition coefficient (Wildman–Crippen LogP) is 0.689. The van der Waals surface area contributed by atoms with Crippen LogP contribution in [0.2, 0.25) is 0 Å². The molecule has 0 aliphatic carbocycles. The van der Waals surface area contributed by atoms with Crippen LogP contribution in [0.3, 0.4) is 0 Å². The summed E-state index contributed by atoms with van der Waals surface area (Å²) < 4.78 is 5.05. The number of phenols is 1. The van der Waals surface area contributed by atoms with E-state index in [1.54, 1.807) is 0 Å². The van der Waals surface area contributed by atoms with E-state index in [1.165, 1.54) is 24.3 Å². The van der Waals surface area contributed by atoms with Gasteiger partial charge in [0.1, 0.15) is 11.3 Å². The van der Waals surface area contributed by atoms with Gasteiger partial charge in [-0.05, 0) is 18.2 Å². The number of rotatable bonds is 6. The van der Waals surface area contributed by atoms with Crippen molar-refractivity contribution in [3.8, 4) is 5.75 Å². The molecule has 1 aromatic carbocycles. The SMILES string of the molecule is O=C(O)CNC(CC(=O)O)c1c(O)ccc2ccc(=O)oc12. The first kappa shape index (κ1) is 15.5. The topological polar surface area (TPSA) is 137 Å². The number of carboxylic acids is 2. The standard InChI is InChI=1S/C14H13NO7/c16-9-3-1-7-2-4-12(21)22-14(7)13(9)8(5-10(17)18)15-6-11(19)20/h1-4,8,15-16H,5-6H2,(H,17,18)(H,19,20). The average Bonchev–Trinajstić information content (AvgIpc) is 2.43. The van der Waals surface area contributed by atoms with E-state index in [0.717, 1.165) is 0 Å². The minimum atomic E-state index is -1.20. The number of hydrogen-bond donors (Lipinski definition) is 4. The van der Waals surface area contributed by atoms with Crippen molar-refractivity contribution in [3.05, 3.63) is 40.2 Å². The van der Waals surface area contributed by atoms with Crippen LogP contribution in [0.5, 0.6) is 5.75 Å². The van der Waals surface area contributed by atoms with Gasteiger partial charge in [0.15, 0.2) is 0 Å². The van der Waals surface area contributed by atoms with Gasteiger partial charge in [-0.25, -0.2) is 4.79 Å². The zero-order valence-corrected chi connectivity index (χ0v) is 11.3. The van der Waals surface area contributed by atoms with Crippen LogP contribution in [-0.4, -0.2) is 33.8 Å². The van der Waals surface area contributed by atoms with Crippen molar-refractivity contribution < 1.29 is 29.3 Å². The first-order valence-corrected chi connectivity index (χ1v) is 6.31. The smallest absolute Gasteiger partial charge is 0.336 e. The van der Waals surface area contributed by atoms with E-state index in [1.807, 2.05) is 0 Å². The summed E-state index contributed by atoms with van der Waals surface area (Å²) in [6.45, 7) is -0.509. The molecule has 1 unspecified atom stereocenters. The number of fused-ring (bicyclic) bond motifs is 1. The Kier molecular flexibility index (Phi) is 4.42. The van der Waals surface area contributed by atoms with Crippen LogP contribution in [0, 0.1) is 0 Å². The number of nitrogens with one attached hydrogen (secondary N) is 1. The van der Waals surface area contributed by atoms with E-state index in [4.69, 9.17) is 14.6 Å². The van der Waals surface area contributed by atoms with Crippen molar-refractivity contribution in [2.24, 2.45) is 0 Å². The zero-order valence-electron chi connectivity index (χ0n) is 11.3. The summed E-state index contributed by atoms with van der Waals surface area (Å²) in [4.78, 5) is 33.0. The molecular weight excluding hydrogens is 294 g/mol. The minimum absolute atomic E-state index is 0.0247. The van der Waals surface area contributed by atoms with Gasteiger partial charge in [0, 0.05) is 11.5 Å². The average molecular weight is 307 g/mol. The van der Waals surface area contributed by atoms with E-state index in [0.29, 0.717) is 5.39 Å². The summed E-state index contributed by atoms with van der Waals surface area (Å²) in [5.41, 5.74) is -0.595. The Balaban J connectivity index is 2.57. The number of benzene rings is 1. The molecule has 22 heavy (non-hydrogen) atoms. The van der Waals surface area contributed by atoms with Gasteiger partial charge < -0.3 is 19.7 Å². The van der Waals surface area contributed by atoms with Crippen LogP contribution < -0.4 is 10.9 Å². The highest BCUT2D eigenvalue weighted by Crippen LogP contribution is 2.33. The number of carboxylic acid groups (broad SMARTS) is 2. The third kappa shape index (κ3) is 3.41. The number of aromatic hydroxyl groups is 1. The van der Waals surface area contributed by atoms with Crippen LogP contribution >= 0.6 is 0 Å². The van der Waals surface area contributed by atoms with Crippen molar-refractivity contribution in [2.75, 3.05) is 6.54 Å². The lowest BCUT2D eigenvalue weighted by Gasteiger charge is -2.18. The van der Waals surface area contributed by atoms with Crippen LogP contribution in [0.4, 0.5) is 0 Å². The summed E-state index contributed by atoms with van der Waals surface area (Å²) in [6.07, 6.45) is -0.488. The predicted molar refractivity (Wildman–Crippen MR) is 74.8 cm³/mol. The molecule has 0 fully saturated rings. The van der Waals surface area contributed by atoms with Gasteiger partial charge in [0.05, 0.1) is 24.6 Å². The van der Waals surface area contributed by atoms with Gasteiger partial charge in [0.25, 0.3) is 0 Å². The number of hydrogen-bond acceptors (Lipinski definition) is 6. The first-order chi connectivity index (χ1) is 10.4. The van der Waals surface area contributed by atoms with E-state index < -0.39 is 36.6 Å². The Morgan fingerprint density at radius 1 is 1.14 bits per heavy atom. The summed E-state index contributed by atoms with van der Waals surface area (Å²) >= 11 is 0. The molecule has 0 saturated heterocycles. The van der Waals surface area contributed by atoms with Crippen molar-refractivity contribution in [3.63, 3.8) is 0 Å². The third-order valence-corrected chi connectivity index (χ3v) is 3.03. The molecular formula is C14H13NO7. The van der Waals surface area contributed by atoms with Gasteiger partial charge >= 0.3 is 17.6 Å². The van der Waals surface area contributed by atoms with Gasteiger partial charge in [-0.1, -0.05) is 0 Å². The van der Waals surface area contributed by atoms with E-state index in [2.05, 4.69) is 5.32 Å². The normalized spacial score (nSPS) is 12.2.